The van der Waals surface area contributed by atoms with Crippen molar-refractivity contribution in [3.63, 3.8) is 0 Å². The van der Waals surface area contributed by atoms with Gasteiger partial charge in [0.05, 0.1) is 18.8 Å². The van der Waals surface area contributed by atoms with Crippen molar-refractivity contribution in [2.45, 2.75) is 12.1 Å². The number of hydrogen-bond donors (Lipinski definition) is 1. The van der Waals surface area contributed by atoms with Crippen molar-refractivity contribution in [2.75, 3.05) is 26.7 Å². The molecule has 1 saturated heterocycles. The lowest BCUT2D eigenvalue weighted by Gasteiger charge is -2.33. The summed E-state index contributed by atoms with van der Waals surface area (Å²) in [6.45, 7) is 2.69. The first-order chi connectivity index (χ1) is 7.27. The lowest BCUT2D eigenvalue weighted by Crippen LogP contribution is -2.45. The summed E-state index contributed by atoms with van der Waals surface area (Å²) in [5, 5.41) is 0. The first-order valence-electron chi connectivity index (χ1n) is 5.38. The summed E-state index contributed by atoms with van der Waals surface area (Å²) in [7, 11) is 2.10. The predicted molar refractivity (Wildman–Crippen MR) is 60.6 cm³/mol. The Morgan fingerprint density at radius 2 is 2.13 bits per heavy atom. The third kappa shape index (κ3) is 2.56. The van der Waals surface area contributed by atoms with Crippen LogP contribution in [-0.2, 0) is 4.74 Å². The number of hydrogen-bond acceptors (Lipinski definition) is 3. The molecule has 0 radical (unpaired) electrons. The number of likely N-dealkylation sites (N-methyl/N-ethyl adjacent to an activating group) is 1. The average molecular weight is 206 g/mol. The monoisotopic (exact) mass is 206 g/mol. The molecule has 0 aromatic heterocycles. The van der Waals surface area contributed by atoms with Crippen molar-refractivity contribution in [2.24, 2.45) is 5.73 Å². The number of ether oxygens (including phenoxy) is 1. The molecule has 0 aliphatic carbocycles. The van der Waals surface area contributed by atoms with Crippen LogP contribution in [0.15, 0.2) is 30.3 Å². The molecular weight excluding hydrogens is 188 g/mol. The quantitative estimate of drug-likeness (QED) is 0.785. The van der Waals surface area contributed by atoms with E-state index in [1.165, 1.54) is 0 Å². The highest BCUT2D eigenvalue weighted by Crippen LogP contribution is 2.19. The Morgan fingerprint density at radius 3 is 2.80 bits per heavy atom. The predicted octanol–water partition coefficient (Wildman–Crippen LogP) is 1.02. The first-order valence-corrected chi connectivity index (χ1v) is 5.38. The van der Waals surface area contributed by atoms with Crippen LogP contribution >= 0.6 is 0 Å². The highest BCUT2D eigenvalue weighted by molar-refractivity contribution is 5.19. The van der Waals surface area contributed by atoms with Gasteiger partial charge in [0.1, 0.15) is 0 Å². The molecule has 1 aromatic carbocycles. The van der Waals surface area contributed by atoms with E-state index in [-0.39, 0.29) is 12.1 Å². The van der Waals surface area contributed by atoms with E-state index in [1.807, 2.05) is 18.2 Å². The molecule has 2 unspecified atom stereocenters. The molecule has 15 heavy (non-hydrogen) atoms. The normalized spacial score (nSPS) is 25.1. The van der Waals surface area contributed by atoms with E-state index in [0.29, 0.717) is 0 Å². The fourth-order valence-electron chi connectivity index (χ4n) is 1.92. The van der Waals surface area contributed by atoms with Gasteiger partial charge in [0.2, 0.25) is 0 Å². The molecule has 1 aliphatic rings. The molecule has 2 N–H and O–H groups in total. The second-order valence-electron chi connectivity index (χ2n) is 4.11. The highest BCUT2D eigenvalue weighted by Gasteiger charge is 2.24. The van der Waals surface area contributed by atoms with E-state index in [9.17, 15) is 0 Å². The summed E-state index contributed by atoms with van der Waals surface area (Å²) in [5.74, 6) is 0. The molecule has 0 amide bonds. The summed E-state index contributed by atoms with van der Waals surface area (Å²) in [4.78, 5) is 2.26. The SMILES string of the molecule is CN1CCOC(C(N)c2ccccc2)C1. The van der Waals surface area contributed by atoms with E-state index >= 15 is 0 Å². The molecule has 1 fully saturated rings. The van der Waals surface area contributed by atoms with Crippen LogP contribution in [0.4, 0.5) is 0 Å². The van der Waals surface area contributed by atoms with Gasteiger partial charge < -0.3 is 15.4 Å². The van der Waals surface area contributed by atoms with Crippen molar-refractivity contribution in [3.05, 3.63) is 35.9 Å². The number of morpholine rings is 1. The second-order valence-corrected chi connectivity index (χ2v) is 4.11. The van der Waals surface area contributed by atoms with Crippen LogP contribution in [0.2, 0.25) is 0 Å². The fraction of sp³-hybridized carbons (Fsp3) is 0.500. The molecule has 2 rings (SSSR count). The van der Waals surface area contributed by atoms with Gasteiger partial charge in [0.15, 0.2) is 0 Å². The lowest BCUT2D eigenvalue weighted by atomic mass is 10.0. The zero-order valence-corrected chi connectivity index (χ0v) is 9.10. The van der Waals surface area contributed by atoms with Crippen LogP contribution in [0.5, 0.6) is 0 Å². The van der Waals surface area contributed by atoms with Crippen molar-refractivity contribution >= 4 is 0 Å². The molecule has 1 aliphatic heterocycles. The minimum atomic E-state index is -0.0195. The van der Waals surface area contributed by atoms with Crippen LogP contribution in [0.25, 0.3) is 0 Å². The third-order valence-electron chi connectivity index (χ3n) is 2.88. The number of benzene rings is 1. The lowest BCUT2D eigenvalue weighted by molar-refractivity contribution is -0.0326. The Kier molecular flexibility index (Phi) is 3.36. The summed E-state index contributed by atoms with van der Waals surface area (Å²) in [5.41, 5.74) is 7.33. The van der Waals surface area contributed by atoms with Gasteiger partial charge in [-0.25, -0.2) is 0 Å². The van der Waals surface area contributed by atoms with E-state index in [2.05, 4.69) is 24.1 Å². The Morgan fingerprint density at radius 1 is 1.40 bits per heavy atom. The van der Waals surface area contributed by atoms with Gasteiger partial charge in [-0.15, -0.1) is 0 Å². The van der Waals surface area contributed by atoms with Gasteiger partial charge >= 0.3 is 0 Å². The maximum absolute atomic E-state index is 6.18. The zero-order valence-electron chi connectivity index (χ0n) is 9.10. The van der Waals surface area contributed by atoms with Crippen molar-refractivity contribution in [1.29, 1.82) is 0 Å². The van der Waals surface area contributed by atoms with Crippen LogP contribution in [0.1, 0.15) is 11.6 Å². The van der Waals surface area contributed by atoms with Gasteiger partial charge in [-0.3, -0.25) is 0 Å². The molecule has 82 valence electrons. The van der Waals surface area contributed by atoms with Crippen molar-refractivity contribution in [3.8, 4) is 0 Å². The molecule has 0 bridgehead atoms. The number of nitrogens with two attached hydrogens (primary N) is 1. The summed E-state index contributed by atoms with van der Waals surface area (Å²) in [6.07, 6.45) is 0.117. The van der Waals surface area contributed by atoms with E-state index < -0.39 is 0 Å². The smallest absolute Gasteiger partial charge is 0.0894 e. The molecular formula is C12H18N2O. The van der Waals surface area contributed by atoms with Crippen LogP contribution in [0.3, 0.4) is 0 Å². The Labute approximate surface area is 90.8 Å². The first kappa shape index (κ1) is 10.6. The number of nitrogens with zero attached hydrogens (tertiary/aromatic N) is 1. The summed E-state index contributed by atoms with van der Waals surface area (Å²) in [6, 6.07) is 10.1. The third-order valence-corrected chi connectivity index (χ3v) is 2.88. The molecule has 1 heterocycles. The topological polar surface area (TPSA) is 38.5 Å². The average Bonchev–Trinajstić information content (AvgIpc) is 2.29. The standard InChI is InChI=1S/C12H18N2O/c1-14-7-8-15-11(9-14)12(13)10-5-3-2-4-6-10/h2-6,11-12H,7-9,13H2,1H3. The maximum Gasteiger partial charge on any atom is 0.0894 e. The largest absolute Gasteiger partial charge is 0.374 e. The van der Waals surface area contributed by atoms with Crippen molar-refractivity contribution in [1.82, 2.24) is 4.90 Å². The number of rotatable bonds is 2. The van der Waals surface area contributed by atoms with Gasteiger partial charge in [0.25, 0.3) is 0 Å². The molecule has 3 nitrogen and oxygen atoms in total. The molecule has 3 heteroatoms. The fourth-order valence-corrected chi connectivity index (χ4v) is 1.92. The van der Waals surface area contributed by atoms with Gasteiger partial charge in [-0.05, 0) is 12.6 Å². The van der Waals surface area contributed by atoms with E-state index in [4.69, 9.17) is 10.5 Å². The summed E-state index contributed by atoms with van der Waals surface area (Å²) < 4.78 is 5.70. The Balaban J connectivity index is 2.04. The van der Waals surface area contributed by atoms with Crippen LogP contribution < -0.4 is 5.73 Å². The minimum Gasteiger partial charge on any atom is -0.374 e. The minimum absolute atomic E-state index is 0.0195. The summed E-state index contributed by atoms with van der Waals surface area (Å²) >= 11 is 0. The van der Waals surface area contributed by atoms with Gasteiger partial charge in [-0.2, -0.15) is 0 Å². The van der Waals surface area contributed by atoms with Crippen molar-refractivity contribution < 1.29 is 4.74 Å². The van der Waals surface area contributed by atoms with E-state index in [1.54, 1.807) is 0 Å². The molecule has 0 saturated carbocycles. The second kappa shape index (κ2) is 4.75. The van der Waals surface area contributed by atoms with Crippen LogP contribution in [0, 0.1) is 0 Å². The molecule has 0 spiro atoms. The van der Waals surface area contributed by atoms with Crippen LogP contribution in [-0.4, -0.2) is 37.7 Å². The van der Waals surface area contributed by atoms with Gasteiger partial charge in [0, 0.05) is 13.1 Å². The van der Waals surface area contributed by atoms with E-state index in [0.717, 1.165) is 25.3 Å². The van der Waals surface area contributed by atoms with Gasteiger partial charge in [-0.1, -0.05) is 30.3 Å². The zero-order chi connectivity index (χ0) is 10.7. The maximum atomic E-state index is 6.18. The Bertz CT molecular complexity index is 302. The molecule has 2 atom stereocenters. The molecule has 1 aromatic rings. The highest BCUT2D eigenvalue weighted by atomic mass is 16.5. The Hall–Kier alpha value is -0.900.